The van der Waals surface area contributed by atoms with Gasteiger partial charge in [-0.1, -0.05) is 90.4 Å². The molecule has 0 bridgehead atoms. The lowest BCUT2D eigenvalue weighted by Gasteiger charge is -2.14. The number of rotatable bonds is 20. The SMILES string of the molecule is CCCCCCCCCCCCCCCCOC(=O)CC(C(=O)O)C(O)C(=O)O. The average molecular weight is 417 g/mol. The van der Waals surface area contributed by atoms with E-state index in [1.807, 2.05) is 0 Å². The molecule has 0 saturated carbocycles. The Balaban J connectivity index is 3.53. The normalized spacial score (nSPS) is 13.0. The van der Waals surface area contributed by atoms with Crippen LogP contribution >= 0.6 is 0 Å². The smallest absolute Gasteiger partial charge is 0.333 e. The first-order valence-corrected chi connectivity index (χ1v) is 11.2. The second kappa shape index (κ2) is 18.4. The number of hydrogen-bond acceptors (Lipinski definition) is 5. The molecule has 29 heavy (non-hydrogen) atoms. The Labute approximate surface area is 174 Å². The van der Waals surface area contributed by atoms with Gasteiger partial charge in [0.15, 0.2) is 6.10 Å². The van der Waals surface area contributed by atoms with Crippen molar-refractivity contribution >= 4 is 17.9 Å². The van der Waals surface area contributed by atoms with E-state index in [-0.39, 0.29) is 6.61 Å². The van der Waals surface area contributed by atoms with Crippen molar-refractivity contribution in [3.63, 3.8) is 0 Å². The molecule has 0 aliphatic heterocycles. The van der Waals surface area contributed by atoms with Gasteiger partial charge in [-0.2, -0.15) is 0 Å². The molecule has 0 spiro atoms. The summed E-state index contributed by atoms with van der Waals surface area (Å²) in [4.78, 5) is 33.3. The molecule has 0 rings (SSSR count). The second-order valence-corrected chi connectivity index (χ2v) is 7.75. The quantitative estimate of drug-likeness (QED) is 0.197. The molecule has 2 unspecified atom stereocenters. The summed E-state index contributed by atoms with van der Waals surface area (Å²) in [6.45, 7) is 2.42. The molecule has 7 heteroatoms. The van der Waals surface area contributed by atoms with Crippen molar-refractivity contribution in [3.8, 4) is 0 Å². The third kappa shape index (κ3) is 15.9. The molecule has 0 aromatic heterocycles. The Bertz CT molecular complexity index is 450. The van der Waals surface area contributed by atoms with Crippen molar-refractivity contribution in [3.05, 3.63) is 0 Å². The number of carbonyl (C=O) groups excluding carboxylic acids is 1. The van der Waals surface area contributed by atoms with Gasteiger partial charge in [0.25, 0.3) is 0 Å². The summed E-state index contributed by atoms with van der Waals surface area (Å²) in [7, 11) is 0. The van der Waals surface area contributed by atoms with Crippen LogP contribution in [0.25, 0.3) is 0 Å². The van der Waals surface area contributed by atoms with Crippen LogP contribution in [0, 0.1) is 5.92 Å². The molecule has 0 aromatic rings. The fraction of sp³-hybridized carbons (Fsp3) is 0.864. The highest BCUT2D eigenvalue weighted by atomic mass is 16.5. The van der Waals surface area contributed by atoms with Crippen molar-refractivity contribution in [2.45, 2.75) is 109 Å². The van der Waals surface area contributed by atoms with Crippen LogP contribution in [-0.2, 0) is 19.1 Å². The maximum Gasteiger partial charge on any atom is 0.333 e. The Morgan fingerprint density at radius 3 is 1.48 bits per heavy atom. The van der Waals surface area contributed by atoms with Gasteiger partial charge in [-0.3, -0.25) is 9.59 Å². The standard InChI is InChI=1S/C22H40O7/c1-2-3-4-5-6-7-8-9-10-11-12-13-14-15-16-29-19(23)17-18(21(25)26)20(24)22(27)28/h18,20,24H,2-17H2,1H3,(H,25,26)(H,27,28). The number of unbranched alkanes of at least 4 members (excludes halogenated alkanes) is 13. The van der Waals surface area contributed by atoms with Gasteiger partial charge in [0.2, 0.25) is 0 Å². The largest absolute Gasteiger partial charge is 0.481 e. The lowest BCUT2D eigenvalue weighted by atomic mass is 9.99. The molecular weight excluding hydrogens is 376 g/mol. The van der Waals surface area contributed by atoms with Gasteiger partial charge in [-0.25, -0.2) is 4.79 Å². The molecule has 170 valence electrons. The number of hydrogen-bond donors (Lipinski definition) is 3. The number of aliphatic carboxylic acids is 2. The van der Waals surface area contributed by atoms with E-state index >= 15 is 0 Å². The minimum Gasteiger partial charge on any atom is -0.481 e. The highest BCUT2D eigenvalue weighted by Crippen LogP contribution is 2.14. The lowest BCUT2D eigenvalue weighted by molar-refractivity contribution is -0.163. The summed E-state index contributed by atoms with van der Waals surface area (Å²) in [5.41, 5.74) is 0. The number of esters is 1. The first kappa shape index (κ1) is 27.4. The van der Waals surface area contributed by atoms with Crippen LogP contribution in [0.15, 0.2) is 0 Å². The van der Waals surface area contributed by atoms with Gasteiger partial charge < -0.3 is 20.1 Å². The van der Waals surface area contributed by atoms with Gasteiger partial charge in [-0.15, -0.1) is 0 Å². The molecule has 0 fully saturated rings. The molecule has 7 nitrogen and oxygen atoms in total. The van der Waals surface area contributed by atoms with Gasteiger partial charge in [0.05, 0.1) is 13.0 Å². The van der Waals surface area contributed by atoms with Gasteiger partial charge in [0.1, 0.15) is 5.92 Å². The third-order valence-corrected chi connectivity index (χ3v) is 5.10. The number of ether oxygens (including phenoxy) is 1. The highest BCUT2D eigenvalue weighted by molar-refractivity contribution is 5.85. The maximum absolute atomic E-state index is 11.6. The Hall–Kier alpha value is -1.63. The fourth-order valence-corrected chi connectivity index (χ4v) is 3.23. The summed E-state index contributed by atoms with van der Waals surface area (Å²) < 4.78 is 4.95. The summed E-state index contributed by atoms with van der Waals surface area (Å²) in [6, 6.07) is 0. The number of aliphatic hydroxyl groups is 1. The van der Waals surface area contributed by atoms with Crippen LogP contribution < -0.4 is 0 Å². The molecule has 0 radical (unpaired) electrons. The summed E-state index contributed by atoms with van der Waals surface area (Å²) in [5, 5.41) is 26.9. The molecule has 0 aliphatic rings. The van der Waals surface area contributed by atoms with E-state index in [0.29, 0.717) is 6.42 Å². The highest BCUT2D eigenvalue weighted by Gasteiger charge is 2.34. The van der Waals surface area contributed by atoms with Crippen LogP contribution in [0.1, 0.15) is 103 Å². The zero-order valence-corrected chi connectivity index (χ0v) is 17.9. The van der Waals surface area contributed by atoms with E-state index in [2.05, 4.69) is 6.92 Å². The zero-order chi connectivity index (χ0) is 21.9. The Morgan fingerprint density at radius 1 is 0.690 bits per heavy atom. The third-order valence-electron chi connectivity index (χ3n) is 5.10. The minimum atomic E-state index is -2.12. The van der Waals surface area contributed by atoms with Crippen LogP contribution in [0.4, 0.5) is 0 Å². The zero-order valence-electron chi connectivity index (χ0n) is 17.9. The monoisotopic (exact) mass is 416 g/mol. The topological polar surface area (TPSA) is 121 Å². The molecule has 3 N–H and O–H groups in total. The number of carboxylic acids is 2. The van der Waals surface area contributed by atoms with E-state index in [4.69, 9.17) is 14.9 Å². The number of carbonyl (C=O) groups is 3. The first-order chi connectivity index (χ1) is 13.9. The number of aliphatic hydroxyl groups excluding tert-OH is 1. The van der Waals surface area contributed by atoms with Crippen LogP contribution in [-0.4, -0.2) is 45.9 Å². The molecule has 0 aliphatic carbocycles. The van der Waals surface area contributed by atoms with E-state index in [9.17, 15) is 19.5 Å². The summed E-state index contributed by atoms with van der Waals surface area (Å²) >= 11 is 0. The Morgan fingerprint density at radius 2 is 1.10 bits per heavy atom. The number of carboxylic acid groups (broad SMARTS) is 2. The minimum absolute atomic E-state index is 0.187. The molecular formula is C22H40O7. The molecule has 0 aromatic carbocycles. The van der Waals surface area contributed by atoms with Crippen LogP contribution in [0.5, 0.6) is 0 Å². The predicted octanol–water partition coefficient (Wildman–Crippen LogP) is 4.55. The molecule has 0 heterocycles. The van der Waals surface area contributed by atoms with Gasteiger partial charge in [-0.05, 0) is 6.42 Å². The van der Waals surface area contributed by atoms with E-state index < -0.39 is 36.4 Å². The van der Waals surface area contributed by atoms with Crippen LogP contribution in [0.2, 0.25) is 0 Å². The molecule has 0 amide bonds. The van der Waals surface area contributed by atoms with E-state index in [0.717, 1.165) is 19.3 Å². The van der Waals surface area contributed by atoms with Crippen LogP contribution in [0.3, 0.4) is 0 Å². The molecule has 0 saturated heterocycles. The Kier molecular flexibility index (Phi) is 17.4. The average Bonchev–Trinajstić information content (AvgIpc) is 2.68. The van der Waals surface area contributed by atoms with Crippen molar-refractivity contribution < 1.29 is 34.4 Å². The van der Waals surface area contributed by atoms with Crippen molar-refractivity contribution in [2.24, 2.45) is 5.92 Å². The van der Waals surface area contributed by atoms with Gasteiger partial charge >= 0.3 is 17.9 Å². The molecule has 2 atom stereocenters. The van der Waals surface area contributed by atoms with Gasteiger partial charge in [0, 0.05) is 0 Å². The second-order valence-electron chi connectivity index (χ2n) is 7.75. The van der Waals surface area contributed by atoms with Crippen molar-refractivity contribution in [1.82, 2.24) is 0 Å². The first-order valence-electron chi connectivity index (χ1n) is 11.2. The summed E-state index contributed by atoms with van der Waals surface area (Å²) in [5.74, 6) is -5.70. The summed E-state index contributed by atoms with van der Waals surface area (Å²) in [6.07, 6.45) is 14.3. The van der Waals surface area contributed by atoms with Crippen molar-refractivity contribution in [1.29, 1.82) is 0 Å². The maximum atomic E-state index is 11.6. The fourth-order valence-electron chi connectivity index (χ4n) is 3.23. The lowest BCUT2D eigenvalue weighted by Crippen LogP contribution is -2.36. The predicted molar refractivity (Wildman–Crippen MR) is 111 cm³/mol. The van der Waals surface area contributed by atoms with E-state index in [1.165, 1.54) is 64.2 Å². The van der Waals surface area contributed by atoms with E-state index in [1.54, 1.807) is 0 Å². The van der Waals surface area contributed by atoms with Crippen molar-refractivity contribution in [2.75, 3.05) is 6.61 Å².